The topological polar surface area (TPSA) is 6.48 Å². The Morgan fingerprint density at radius 3 is 1.01 bits per heavy atom. The molecule has 0 aromatic heterocycles. The minimum absolute atomic E-state index is 0.106. The number of benzene rings is 11. The summed E-state index contributed by atoms with van der Waals surface area (Å²) < 4.78 is 47.2. The quantitative estimate of drug-likeness (QED) is 0.140. The zero-order chi connectivity index (χ0) is 83.7. The minimum atomic E-state index is -0.460. The van der Waals surface area contributed by atoms with Gasteiger partial charge in [-0.3, -0.25) is 0 Å². The van der Waals surface area contributed by atoms with Crippen LogP contribution in [0.4, 0.5) is 34.1 Å². The largest absolute Gasteiger partial charge is 0.310 e. The highest BCUT2D eigenvalue weighted by Gasteiger charge is 2.47. The Balaban J connectivity index is 1.33. The Kier molecular flexibility index (Phi) is 17.7. The molecule has 0 spiro atoms. The first-order valence-electron chi connectivity index (χ1n) is 42.6. The Bertz CT molecular complexity index is 5580. The molecule has 109 heavy (non-hydrogen) atoms. The molecule has 2 aliphatic rings. The van der Waals surface area contributed by atoms with E-state index in [1.807, 2.05) is 6.07 Å². The zero-order valence-electron chi connectivity index (χ0n) is 76.8. The fourth-order valence-electron chi connectivity index (χ4n) is 16.5. The van der Waals surface area contributed by atoms with Crippen LogP contribution >= 0.6 is 0 Å². The molecule has 11 aromatic carbocycles. The van der Waals surface area contributed by atoms with Crippen LogP contribution in [0.1, 0.15) is 270 Å². The van der Waals surface area contributed by atoms with Crippen LogP contribution in [0.25, 0.3) is 66.8 Å². The van der Waals surface area contributed by atoms with E-state index in [1.54, 1.807) is 0 Å². The van der Waals surface area contributed by atoms with Crippen LogP contribution in [0.3, 0.4) is 0 Å². The number of hydrogen-bond acceptors (Lipinski definition) is 2. The third kappa shape index (κ3) is 14.9. The van der Waals surface area contributed by atoms with E-state index >= 15 is 0 Å². The van der Waals surface area contributed by atoms with Crippen molar-refractivity contribution in [1.29, 1.82) is 0 Å². The first-order valence-corrected chi connectivity index (χ1v) is 40.1. The summed E-state index contributed by atoms with van der Waals surface area (Å²) in [6.45, 7) is 69.7. The van der Waals surface area contributed by atoms with Crippen LogP contribution < -0.4 is 26.2 Å². The molecule has 0 atom stereocenters. The van der Waals surface area contributed by atoms with E-state index < -0.39 is 18.2 Å². The average Bonchev–Trinajstić information content (AvgIpc) is 0.682. The van der Waals surface area contributed by atoms with Gasteiger partial charge in [0.2, 0.25) is 0 Å². The van der Waals surface area contributed by atoms with Gasteiger partial charge in [-0.2, -0.15) is 0 Å². The fourth-order valence-corrected chi connectivity index (χ4v) is 16.5. The van der Waals surface area contributed by atoms with Crippen LogP contribution in [0, 0.1) is 0 Å². The first-order chi connectivity index (χ1) is 52.5. The number of hydrogen-bond donors (Lipinski definition) is 0. The van der Waals surface area contributed by atoms with Crippen molar-refractivity contribution >= 4 is 57.2 Å². The van der Waals surface area contributed by atoms with Gasteiger partial charge in [-0.1, -0.05) is 371 Å². The van der Waals surface area contributed by atoms with Gasteiger partial charge in [0.25, 0.3) is 6.71 Å². The maximum Gasteiger partial charge on any atom is 0.252 e. The van der Waals surface area contributed by atoms with Crippen molar-refractivity contribution in [2.45, 2.75) is 262 Å². The van der Waals surface area contributed by atoms with Gasteiger partial charge >= 0.3 is 0 Å². The number of anilines is 6. The third-order valence-corrected chi connectivity index (χ3v) is 23.2. The Labute approximate surface area is 666 Å². The van der Waals surface area contributed by atoms with E-state index in [1.165, 1.54) is 55.6 Å². The highest BCUT2D eigenvalue weighted by Crippen LogP contribution is 2.58. The smallest absolute Gasteiger partial charge is 0.252 e. The third-order valence-electron chi connectivity index (χ3n) is 23.2. The second kappa shape index (κ2) is 26.9. The van der Waals surface area contributed by atoms with Gasteiger partial charge in [0, 0.05) is 45.0 Å². The molecule has 562 valence electrons. The first kappa shape index (κ1) is 71.7. The van der Waals surface area contributed by atoms with Crippen molar-refractivity contribution in [3.8, 4) is 66.8 Å². The number of rotatable bonds is 8. The SMILES string of the molecule is [2H]c1c([2H])c([2H])c(-c2ccc3c(c2)N(c2c(-c4ccc(C(C)(C)C)cc4)cc(C(C)(C)C)cc2-c2ccc(C(C)(C)C)cc2C(C)(C)C)c2cc(C(C)(C)C)cc4c2B3c2ccc(-c3cccc(C(C)(C)C)c3)cc2N4c2c(-c3ccc(C(C)(C)C)cc3)cc(C(C)(C)C)cc2-c2c(C(C)(C)C)cccc2C(C)(C)C)c([2H])c1[2H]. The van der Waals surface area contributed by atoms with Gasteiger partial charge in [0.05, 0.1) is 18.2 Å². The van der Waals surface area contributed by atoms with Crippen LogP contribution in [0.15, 0.2) is 212 Å². The lowest BCUT2D eigenvalue weighted by Gasteiger charge is -2.47. The van der Waals surface area contributed by atoms with Crippen molar-refractivity contribution in [3.05, 3.63) is 268 Å². The lowest BCUT2D eigenvalue weighted by molar-refractivity contribution is 0.569. The molecule has 0 unspecified atom stereocenters. The minimum Gasteiger partial charge on any atom is -0.310 e. The lowest BCUT2D eigenvalue weighted by atomic mass is 9.33. The van der Waals surface area contributed by atoms with Crippen LogP contribution in [0.2, 0.25) is 0 Å². The fraction of sp³-hybridized carbons (Fsp3) is 0.377. The molecular weight excluding hydrogens is 1310 g/mol. The molecule has 13 rings (SSSR count). The van der Waals surface area contributed by atoms with Gasteiger partial charge in [0.1, 0.15) is 0 Å². The van der Waals surface area contributed by atoms with Crippen molar-refractivity contribution < 1.29 is 6.85 Å². The van der Waals surface area contributed by atoms with Crippen molar-refractivity contribution in [1.82, 2.24) is 0 Å². The molecular formula is C106H125BN2. The molecule has 0 N–H and O–H groups in total. The van der Waals surface area contributed by atoms with E-state index in [0.717, 1.165) is 106 Å². The van der Waals surface area contributed by atoms with E-state index in [0.29, 0.717) is 5.56 Å². The molecule has 0 amide bonds. The molecule has 3 heteroatoms. The molecule has 0 radical (unpaired) electrons. The monoisotopic (exact) mass is 1440 g/mol. The highest BCUT2D eigenvalue weighted by atomic mass is 15.2. The lowest BCUT2D eigenvalue weighted by Crippen LogP contribution is -2.61. The Hall–Kier alpha value is -8.92. The van der Waals surface area contributed by atoms with Crippen LogP contribution in [-0.2, 0) is 54.1 Å². The molecule has 0 aliphatic carbocycles. The van der Waals surface area contributed by atoms with E-state index in [2.05, 4.69) is 393 Å². The molecule has 0 saturated heterocycles. The predicted octanol–water partition coefficient (Wildman–Crippen LogP) is 28.7. The molecule has 0 saturated carbocycles. The average molecular weight is 1440 g/mol. The summed E-state index contributed by atoms with van der Waals surface area (Å²) >= 11 is 0. The Morgan fingerprint density at radius 2 is 0.587 bits per heavy atom. The summed E-state index contributed by atoms with van der Waals surface area (Å²) in [6, 6.07) is 69.5. The maximum atomic E-state index is 9.82. The van der Waals surface area contributed by atoms with E-state index in [9.17, 15) is 5.48 Å². The standard InChI is InChI=1S/C106H125BN2/c1-97(2,3)72-48-42-67(43-49-72)80-59-76(101(13,14)15)61-82(79-53-52-75(100(10,11)12)63-86(79)106(28,29)30)95(80)108-89-57-70(66-36-32-31-33-37-66)46-54-87(89)107-88-55-47-71(69-38-34-39-74(56-69)99(7,8)9)58-90(88)109(92-65-78(103(19,20)21)64-91(108)94(92)107)96-81(68-44-50-73(51-45-68)98(4,5)6)60-77(102(16,17)18)62-83(96)93-84(104(22,23)24)40-35-41-85(93)105(25,26)27/h31-65H,1-30H3/i31D,32D,33D,36D,37D. The maximum absolute atomic E-state index is 9.82. The highest BCUT2D eigenvalue weighted by molar-refractivity contribution is 7.00. The van der Waals surface area contributed by atoms with Crippen molar-refractivity contribution in [2.75, 3.05) is 9.80 Å². The summed E-state index contributed by atoms with van der Waals surface area (Å²) in [6.07, 6.45) is 0. The van der Waals surface area contributed by atoms with Crippen LogP contribution in [-0.4, -0.2) is 6.71 Å². The predicted molar refractivity (Wildman–Crippen MR) is 480 cm³/mol. The van der Waals surface area contributed by atoms with E-state index in [4.69, 9.17) is 1.37 Å². The second-order valence-electron chi connectivity index (χ2n) is 42.1. The molecule has 0 fully saturated rings. The molecule has 2 nitrogen and oxygen atoms in total. The summed E-state index contributed by atoms with van der Waals surface area (Å²) in [5.41, 5.74) is 31.1. The van der Waals surface area contributed by atoms with Crippen molar-refractivity contribution in [2.24, 2.45) is 0 Å². The number of fused-ring (bicyclic) bond motifs is 4. The molecule has 11 aromatic rings. The van der Waals surface area contributed by atoms with Gasteiger partial charge < -0.3 is 9.80 Å². The molecule has 2 aliphatic heterocycles. The Morgan fingerprint density at radius 1 is 0.239 bits per heavy atom. The summed E-state index contributed by atoms with van der Waals surface area (Å²) in [5, 5.41) is 0. The van der Waals surface area contributed by atoms with Gasteiger partial charge in [-0.05, 0) is 219 Å². The summed E-state index contributed by atoms with van der Waals surface area (Å²) in [7, 11) is 0. The number of nitrogens with zero attached hydrogens (tertiary/aromatic N) is 2. The summed E-state index contributed by atoms with van der Waals surface area (Å²) in [4.78, 5) is 5.33. The second-order valence-corrected chi connectivity index (χ2v) is 42.1. The molecule has 2 heterocycles. The van der Waals surface area contributed by atoms with Crippen LogP contribution in [0.5, 0.6) is 0 Å². The van der Waals surface area contributed by atoms with Crippen molar-refractivity contribution in [3.63, 3.8) is 0 Å². The van der Waals surface area contributed by atoms with Gasteiger partial charge in [-0.15, -0.1) is 0 Å². The normalized spacial score (nSPS) is 14.6. The van der Waals surface area contributed by atoms with E-state index in [-0.39, 0.29) is 78.5 Å². The van der Waals surface area contributed by atoms with Gasteiger partial charge in [-0.25, -0.2) is 0 Å². The molecule has 0 bridgehead atoms. The zero-order valence-corrected chi connectivity index (χ0v) is 71.8. The van der Waals surface area contributed by atoms with Gasteiger partial charge in [0.15, 0.2) is 0 Å². The summed E-state index contributed by atoms with van der Waals surface area (Å²) in [5.74, 6) is 0.